The highest BCUT2D eigenvalue weighted by molar-refractivity contribution is 9.63. The van der Waals surface area contributed by atoms with Gasteiger partial charge in [-0.15, -0.1) is 527 Å². The molecule has 0 aliphatic carbocycles. The maximum Gasteiger partial charge on any atom is -0.000000173 e. The SMILES string of the molecule is [PH]PP(P([PH])P)P(P(P)P)P(P(P(P(P)P)P(P)P)P(P(P)P)P(P)P)P(P(P(P(P(P)P)P(P)P)P(P(P)P)P(P)P)P(P(P(P)P)P(P)P)P(P(P)P)P(P)P)P(P(P(P(P(P)P)P(P)P)P(P(P)P)P(P)P)P(P(P(P)P)P(P)P)P(P(P)P)P(P)P)P(P(P(P(P)P)P(P)P)P(P(P)P)P(P)P)P(P(P(P)P)P(P)P)P(P(P)P)P(P)P. The van der Waals surface area contributed by atoms with E-state index in [1.807, 2.05) is 0 Å². The van der Waals surface area contributed by atoms with E-state index in [1.165, 1.54) is 0 Å². The molecule has 0 nitrogen and oxygen atoms in total. The fourth-order valence-corrected chi connectivity index (χ4v) is 1820. The van der Waals surface area contributed by atoms with Gasteiger partial charge in [-0.3, -0.25) is 0 Å². The molecule has 0 heterocycles. The molecule has 0 aromatic rings. The zero-order valence-corrected chi connectivity index (χ0v) is 186. The lowest BCUT2D eigenvalue weighted by Crippen LogP contribution is -1.78. The molecule has 0 amide bonds. The van der Waals surface area contributed by atoms with Crippen LogP contribution < -0.4 is 0 Å². The lowest BCUT2D eigenvalue weighted by Gasteiger charge is -2.65. The lowest BCUT2D eigenvalue weighted by atomic mass is 28.3. The van der Waals surface area contributed by atoms with E-state index < -0.39 is 412 Å². The van der Waals surface area contributed by atoms with Crippen molar-refractivity contribution in [2.24, 2.45) is 0 Å². The molecule has 0 spiro atoms. The van der Waals surface area contributed by atoms with Crippen LogP contribution in [0, 0.1) is 0 Å². The summed E-state index contributed by atoms with van der Waals surface area (Å²) >= 11 is 0. The first-order valence-corrected chi connectivity index (χ1v) is 248. The van der Waals surface area contributed by atoms with Gasteiger partial charge in [0, 0.05) is 0 Å². The Morgan fingerprint density at radius 2 is 0.157 bits per heavy atom. The monoisotopic (exact) mass is 3870 g/mol. The third-order valence-electron chi connectivity index (χ3n) is 10.8. The summed E-state index contributed by atoms with van der Waals surface area (Å²) in [6.07, 6.45) is 0. The smallest absolute Gasteiger partial charge is 0.000000173 e. The molecule has 0 aromatic carbocycles. The molecule has 0 aromatic heterocycles. The van der Waals surface area contributed by atoms with E-state index in [9.17, 15) is 0 Å². The average molecular weight is 3870 g/mol. The molecule has 0 aliphatic rings. The van der Waals surface area contributed by atoms with Crippen molar-refractivity contribution >= 4 is 965 Å². The minimum absolute atomic E-state index is 0.513. The molecule has 65 atom stereocenters. The van der Waals surface area contributed by atoms with Crippen LogP contribution in [0.5, 0.6) is 0 Å². The van der Waals surface area contributed by atoms with Gasteiger partial charge >= 0.3 is 0 Å². The van der Waals surface area contributed by atoms with Crippen LogP contribution in [-0.2, 0) is 0 Å². The second kappa shape index (κ2) is 95.1. The van der Waals surface area contributed by atoms with E-state index in [1.54, 1.807) is 0 Å². The lowest BCUT2D eigenvalue weighted by molar-refractivity contribution is 4.28. The zero-order chi connectivity index (χ0) is 95.8. The van der Waals surface area contributed by atoms with E-state index >= 15 is 0 Å². The van der Waals surface area contributed by atoms with Crippen molar-refractivity contribution in [3.05, 3.63) is 0 Å². The van der Waals surface area contributed by atoms with E-state index in [0.29, 0.717) is 0 Å². The Hall–Kier alpha value is 52.0. The summed E-state index contributed by atoms with van der Waals surface area (Å²) in [4.78, 5) is 0. The van der Waals surface area contributed by atoms with Crippen molar-refractivity contribution in [3.63, 3.8) is 0 Å². The van der Waals surface area contributed by atoms with Crippen LogP contribution in [0.1, 0.15) is 0 Å². The van der Waals surface area contributed by atoms with Crippen LogP contribution in [0.2, 0.25) is 0 Å². The van der Waals surface area contributed by atoms with Crippen LogP contribution in [0.3, 0.4) is 0 Å². The molecule has 0 aliphatic heterocycles. The standard InChI is InChI=1S/H121P121/c1-62-93(63(2)3)108(92(60)61)116(109(94(64(4)5)65(6)7)95(66(8)9)67(10)11)120(117(110(96(68(12)13)69(14)15)97(70(16)17)71(18)19)111(98(72(20)21)73(22)23)99(74(24)25)75(26)27)121(118(112(100(76(28)29)77(30)31)101(78(32)33)79(34)35)113(102(80(36)37)81(38)39)103(82(40)41)83(42)43)119(114(104(84(44)45)85(46)47)105(86(48)49)87(50)51)115(106(88(52)53)89(54)55)107(90(56)57)91(58)59/h1-2,62H,3-61H2. The normalized spacial score (nSPS) is 15.8. The predicted octanol–water partition coefficient (Wildman–Crippen LogP) is 71.8. The molecule has 65 unspecified atom stereocenters. The number of rotatable bonds is 59. The molecule has 0 N–H and O–H groups in total. The fourth-order valence-electron chi connectivity index (χ4n) is 7.50. The van der Waals surface area contributed by atoms with E-state index in [-0.39, 0.29) is 0 Å². The van der Waals surface area contributed by atoms with Gasteiger partial charge in [0.25, 0.3) is 0 Å². The summed E-state index contributed by atoms with van der Waals surface area (Å²) in [5, 5.41) is 0. The molecular weight excluding hydrogens is 3750 g/mol. The van der Waals surface area contributed by atoms with Crippen LogP contribution in [0.15, 0.2) is 0 Å². The topological polar surface area (TPSA) is 0 Å². The molecular formula is H121P121. The Bertz CT molecular complexity index is 2130. The molecule has 0 fully saturated rings. The Kier molecular flexibility index (Phi) is 136. The van der Waals surface area contributed by atoms with Gasteiger partial charge < -0.3 is 0 Å². The van der Waals surface area contributed by atoms with Crippen molar-refractivity contribution in [2.75, 3.05) is 0 Å². The minimum Gasteiger partial charge on any atom is -0.102 e. The molecule has 0 saturated heterocycles. The molecule has 726 valence electrons. The van der Waals surface area contributed by atoms with Crippen molar-refractivity contribution < 1.29 is 0 Å². The summed E-state index contributed by atoms with van der Waals surface area (Å²) in [5.41, 5.74) is 0. The van der Waals surface area contributed by atoms with Crippen molar-refractivity contribution in [2.45, 2.75) is 0 Å². The van der Waals surface area contributed by atoms with E-state index in [4.69, 9.17) is 17.9 Å². The minimum atomic E-state index is -0.836. The third-order valence-corrected chi connectivity index (χ3v) is 873. The van der Waals surface area contributed by atoms with Gasteiger partial charge in [-0.25, -0.2) is 0 Å². The van der Waals surface area contributed by atoms with Crippen LogP contribution in [0.25, 0.3) is 0 Å². The summed E-state index contributed by atoms with van der Waals surface area (Å²) in [7, 11) is 241. The van der Waals surface area contributed by atoms with Gasteiger partial charge in [-0.05, 0) is 412 Å². The summed E-state index contributed by atoms with van der Waals surface area (Å²) in [6.45, 7) is -33.4. The highest BCUT2D eigenvalue weighted by Gasteiger charge is 2.70. The maximum absolute atomic E-state index is 5.11. The molecule has 0 rings (SSSR count). The number of hydrogen-bond acceptors (Lipinski definition) is 0. The van der Waals surface area contributed by atoms with Gasteiger partial charge in [0.15, 0.2) is 0 Å². The first kappa shape index (κ1) is 173. The van der Waals surface area contributed by atoms with Crippen molar-refractivity contribution in [1.82, 2.24) is 0 Å². The second-order valence-corrected chi connectivity index (χ2v) is 521. The average Bonchev–Trinajstić information content (AvgIpc) is 0.700. The van der Waals surface area contributed by atoms with Gasteiger partial charge in [0.1, 0.15) is 0 Å². The summed E-state index contributed by atoms with van der Waals surface area (Å²) in [5.74, 6) is 0. The Labute approximate surface area is 948 Å². The largest absolute Gasteiger partial charge is 0.102 e. The van der Waals surface area contributed by atoms with Crippen molar-refractivity contribution in [3.8, 4) is 0 Å². The van der Waals surface area contributed by atoms with E-state index in [2.05, 4.69) is 527 Å². The molecule has 0 saturated carbocycles. The number of hydrogen-bond donors (Lipinski definition) is 0. The Morgan fingerprint density at radius 3 is 0.207 bits per heavy atom. The first-order chi connectivity index (χ1) is 55.1. The van der Waals surface area contributed by atoms with Crippen LogP contribution in [-0.4, -0.2) is 0 Å². The fraction of sp³-hybridized carbons (Fsp3) is 0. The van der Waals surface area contributed by atoms with Gasteiger partial charge in [-0.1, -0.05) is 25.8 Å². The Balaban J connectivity index is 16.7. The molecule has 0 bridgehead atoms. The molecule has 2 radical (unpaired) electrons. The maximum atomic E-state index is 5.11. The first-order valence-electron chi connectivity index (χ1n) is 27.5. The molecule has 121 heavy (non-hydrogen) atoms. The molecule has 121 heteroatoms. The van der Waals surface area contributed by atoms with Crippen LogP contribution in [0.4, 0.5) is 0 Å². The van der Waals surface area contributed by atoms with Gasteiger partial charge in [0.05, 0.1) is 0 Å². The van der Waals surface area contributed by atoms with E-state index in [0.717, 1.165) is 7.96 Å². The van der Waals surface area contributed by atoms with Crippen molar-refractivity contribution in [1.29, 1.82) is 0 Å². The second-order valence-electron chi connectivity index (χ2n) is 19.3. The zero-order valence-electron chi connectivity index (χ0n) is 61.9. The van der Waals surface area contributed by atoms with Gasteiger partial charge in [-0.2, -0.15) is 0 Å². The quantitative estimate of drug-likeness (QED) is 0.0533. The third kappa shape index (κ3) is 60.8. The highest BCUT2D eigenvalue weighted by atomic mass is 33.7. The van der Waals surface area contributed by atoms with Crippen LogP contribution >= 0.6 is 965 Å². The Morgan fingerprint density at radius 1 is 0.0992 bits per heavy atom. The summed E-state index contributed by atoms with van der Waals surface area (Å²) < 4.78 is 0. The summed E-state index contributed by atoms with van der Waals surface area (Å²) in [6, 6.07) is 0. The van der Waals surface area contributed by atoms with Gasteiger partial charge in [0.2, 0.25) is 0 Å². The predicted molar refractivity (Wildman–Crippen MR) is 1010 cm³/mol. The highest BCUT2D eigenvalue weighted by Crippen LogP contribution is 3.57.